The molecule has 2 amide bonds. The first-order chi connectivity index (χ1) is 12.0. The Kier molecular flexibility index (Phi) is 4.92. The van der Waals surface area contributed by atoms with E-state index in [2.05, 4.69) is 5.32 Å². The van der Waals surface area contributed by atoms with Gasteiger partial charge in [0, 0.05) is 44.8 Å². The van der Waals surface area contributed by atoms with Crippen LogP contribution in [-0.2, 0) is 14.4 Å². The molecule has 0 unspecified atom stereocenters. The van der Waals surface area contributed by atoms with Crippen molar-refractivity contribution in [2.24, 2.45) is 0 Å². The second-order valence-electron chi connectivity index (χ2n) is 6.60. The van der Waals surface area contributed by atoms with Gasteiger partial charge in [0.1, 0.15) is 5.75 Å². The maximum absolute atomic E-state index is 12.4. The summed E-state index contributed by atoms with van der Waals surface area (Å²) in [4.78, 5) is 37.1. The van der Waals surface area contributed by atoms with Gasteiger partial charge in [-0.2, -0.15) is 0 Å². The molecule has 0 bridgehead atoms. The molecule has 3 rings (SSSR count). The molecule has 2 fully saturated rings. The van der Waals surface area contributed by atoms with Gasteiger partial charge in [-0.1, -0.05) is 18.2 Å². The van der Waals surface area contributed by atoms with Crippen molar-refractivity contribution >= 4 is 17.8 Å². The molecule has 0 aliphatic carbocycles. The summed E-state index contributed by atoms with van der Waals surface area (Å²) in [5, 5.41) is 12.4. The maximum atomic E-state index is 12.4. The largest absolute Gasteiger partial charge is 0.478 e. The average molecular weight is 346 g/mol. The fourth-order valence-electron chi connectivity index (χ4n) is 3.36. The van der Waals surface area contributed by atoms with Crippen molar-refractivity contribution in [2.75, 3.05) is 13.1 Å². The van der Waals surface area contributed by atoms with E-state index in [9.17, 15) is 19.5 Å². The smallest absolute Gasteiger partial charge is 0.348 e. The first kappa shape index (κ1) is 17.3. The van der Waals surface area contributed by atoms with Gasteiger partial charge in [-0.25, -0.2) is 4.79 Å². The molecule has 2 heterocycles. The van der Waals surface area contributed by atoms with Gasteiger partial charge in [-0.15, -0.1) is 0 Å². The number of benzene rings is 1. The number of carboxylic acid groups (broad SMARTS) is 1. The molecule has 0 spiro atoms. The van der Waals surface area contributed by atoms with Crippen LogP contribution < -0.4 is 10.1 Å². The third kappa shape index (κ3) is 3.92. The first-order valence-corrected chi connectivity index (χ1v) is 8.53. The lowest BCUT2D eigenvalue weighted by atomic mass is 9.90. The molecular formula is C18H22N2O5. The van der Waals surface area contributed by atoms with Gasteiger partial charge in [0.05, 0.1) is 0 Å². The normalized spacial score (nSPS) is 22.3. The number of likely N-dealkylation sites (tertiary alicyclic amines) is 1. The van der Waals surface area contributed by atoms with Crippen LogP contribution >= 0.6 is 0 Å². The number of hydrogen-bond donors (Lipinski definition) is 2. The van der Waals surface area contributed by atoms with Gasteiger partial charge in [-0.05, 0) is 18.6 Å². The summed E-state index contributed by atoms with van der Waals surface area (Å²) in [6.07, 6.45) is 1.88. The van der Waals surface area contributed by atoms with Crippen LogP contribution in [0.15, 0.2) is 30.3 Å². The van der Waals surface area contributed by atoms with Crippen molar-refractivity contribution in [3.63, 3.8) is 0 Å². The molecule has 0 aromatic heterocycles. The van der Waals surface area contributed by atoms with Crippen molar-refractivity contribution in [1.29, 1.82) is 0 Å². The van der Waals surface area contributed by atoms with Gasteiger partial charge in [0.15, 0.2) is 0 Å². The molecule has 2 aliphatic heterocycles. The van der Waals surface area contributed by atoms with Crippen LogP contribution in [0.2, 0.25) is 0 Å². The molecule has 1 aromatic rings. The van der Waals surface area contributed by atoms with Crippen molar-refractivity contribution in [3.8, 4) is 5.75 Å². The maximum Gasteiger partial charge on any atom is 0.348 e. The molecule has 7 heteroatoms. The van der Waals surface area contributed by atoms with E-state index in [1.807, 2.05) is 6.07 Å². The van der Waals surface area contributed by atoms with Gasteiger partial charge >= 0.3 is 5.97 Å². The number of rotatable bonds is 5. The lowest BCUT2D eigenvalue weighted by Gasteiger charge is -2.39. The van der Waals surface area contributed by atoms with Gasteiger partial charge in [0.2, 0.25) is 17.4 Å². The molecule has 1 aromatic carbocycles. The molecule has 0 radical (unpaired) electrons. The van der Waals surface area contributed by atoms with Crippen molar-refractivity contribution in [3.05, 3.63) is 30.3 Å². The predicted molar refractivity (Wildman–Crippen MR) is 89.0 cm³/mol. The van der Waals surface area contributed by atoms with Crippen molar-refractivity contribution < 1.29 is 24.2 Å². The quantitative estimate of drug-likeness (QED) is 0.835. The van der Waals surface area contributed by atoms with Crippen LogP contribution in [0, 0.1) is 0 Å². The zero-order valence-corrected chi connectivity index (χ0v) is 13.9. The van der Waals surface area contributed by atoms with Crippen LogP contribution in [0.1, 0.15) is 32.1 Å². The number of carboxylic acids is 1. The van der Waals surface area contributed by atoms with E-state index in [1.54, 1.807) is 29.2 Å². The molecule has 0 saturated carbocycles. The van der Waals surface area contributed by atoms with E-state index in [0.717, 1.165) is 0 Å². The molecule has 7 nitrogen and oxygen atoms in total. The van der Waals surface area contributed by atoms with E-state index in [0.29, 0.717) is 31.7 Å². The minimum absolute atomic E-state index is 0.0161. The summed E-state index contributed by atoms with van der Waals surface area (Å²) < 4.78 is 5.79. The predicted octanol–water partition coefficient (Wildman–Crippen LogP) is 1.18. The molecular weight excluding hydrogens is 324 g/mol. The Labute approximate surface area is 146 Å². The Morgan fingerprint density at radius 2 is 1.92 bits per heavy atom. The Balaban J connectivity index is 1.59. The number of para-hydroxylation sites is 1. The number of amides is 2. The minimum atomic E-state index is -1.31. The van der Waals surface area contributed by atoms with Gasteiger partial charge < -0.3 is 20.1 Å². The molecule has 134 valence electrons. The van der Waals surface area contributed by atoms with E-state index in [-0.39, 0.29) is 37.1 Å². The average Bonchev–Trinajstić information content (AvgIpc) is 3.01. The number of hydrogen-bond acceptors (Lipinski definition) is 4. The topological polar surface area (TPSA) is 95.9 Å². The van der Waals surface area contributed by atoms with Crippen molar-refractivity contribution in [1.82, 2.24) is 10.2 Å². The highest BCUT2D eigenvalue weighted by Crippen LogP contribution is 2.29. The number of ether oxygens (including phenoxy) is 1. The summed E-state index contributed by atoms with van der Waals surface area (Å²) in [5.74, 6) is -0.562. The zero-order valence-electron chi connectivity index (χ0n) is 13.9. The van der Waals surface area contributed by atoms with E-state index in [1.165, 1.54) is 0 Å². The Morgan fingerprint density at radius 1 is 1.24 bits per heavy atom. The van der Waals surface area contributed by atoms with Crippen LogP contribution in [0.3, 0.4) is 0 Å². The molecule has 1 atom stereocenters. The highest BCUT2D eigenvalue weighted by Gasteiger charge is 2.45. The lowest BCUT2D eigenvalue weighted by Crippen LogP contribution is -2.54. The summed E-state index contributed by atoms with van der Waals surface area (Å²) in [6, 6.07) is 8.77. The zero-order chi connectivity index (χ0) is 17.9. The second kappa shape index (κ2) is 7.13. The third-order valence-electron chi connectivity index (χ3n) is 4.88. The van der Waals surface area contributed by atoms with Gasteiger partial charge in [0.25, 0.3) is 0 Å². The third-order valence-corrected chi connectivity index (χ3v) is 4.88. The Bertz CT molecular complexity index is 653. The number of carbonyl (C=O) groups excluding carboxylic acids is 2. The number of piperidine rings is 1. The highest BCUT2D eigenvalue weighted by molar-refractivity contribution is 5.82. The summed E-state index contributed by atoms with van der Waals surface area (Å²) in [6.45, 7) is 0.664. The lowest BCUT2D eigenvalue weighted by molar-refractivity contribution is -0.162. The molecule has 2 N–H and O–H groups in total. The van der Waals surface area contributed by atoms with Crippen LogP contribution in [-0.4, -0.2) is 52.5 Å². The number of nitrogens with one attached hydrogen (secondary N) is 1. The Hall–Kier alpha value is -2.57. The van der Waals surface area contributed by atoms with Crippen LogP contribution in [0.25, 0.3) is 0 Å². The first-order valence-electron chi connectivity index (χ1n) is 8.53. The molecule has 2 aliphatic rings. The van der Waals surface area contributed by atoms with E-state index < -0.39 is 11.6 Å². The fourth-order valence-corrected chi connectivity index (χ4v) is 3.36. The number of nitrogens with zero attached hydrogens (tertiary/aromatic N) is 1. The highest BCUT2D eigenvalue weighted by atomic mass is 16.5. The SMILES string of the molecule is O=C1CC[C@@H](CC(=O)N2CCC(Oc3ccccc3)(C(=O)O)CC2)N1. The van der Waals surface area contributed by atoms with E-state index in [4.69, 9.17) is 4.74 Å². The van der Waals surface area contributed by atoms with Crippen LogP contribution in [0.4, 0.5) is 0 Å². The second-order valence-corrected chi connectivity index (χ2v) is 6.60. The summed E-state index contributed by atoms with van der Waals surface area (Å²) in [5.41, 5.74) is -1.31. The standard InChI is InChI=1S/C18H22N2O5/c21-15-7-6-13(19-15)12-16(22)20-10-8-18(9-11-20,17(23)24)25-14-4-2-1-3-5-14/h1-5,13H,6-12H2,(H,19,21)(H,23,24)/t13-/m0/s1. The molecule has 2 saturated heterocycles. The number of carbonyl (C=O) groups is 3. The van der Waals surface area contributed by atoms with Crippen molar-refractivity contribution in [2.45, 2.75) is 43.7 Å². The Morgan fingerprint density at radius 3 is 2.48 bits per heavy atom. The van der Waals surface area contributed by atoms with E-state index >= 15 is 0 Å². The monoisotopic (exact) mass is 346 g/mol. The molecule has 25 heavy (non-hydrogen) atoms. The van der Waals surface area contributed by atoms with Gasteiger partial charge in [-0.3, -0.25) is 9.59 Å². The van der Waals surface area contributed by atoms with Crippen LogP contribution in [0.5, 0.6) is 5.75 Å². The number of aliphatic carboxylic acids is 1. The summed E-state index contributed by atoms with van der Waals surface area (Å²) in [7, 11) is 0. The minimum Gasteiger partial charge on any atom is -0.478 e. The summed E-state index contributed by atoms with van der Waals surface area (Å²) >= 11 is 0. The fraction of sp³-hybridized carbons (Fsp3) is 0.500.